The Morgan fingerprint density at radius 3 is 2.95 bits per heavy atom. The number of carbonyl (C=O) groups is 1. The minimum absolute atomic E-state index is 0.0687. The Labute approximate surface area is 121 Å². The van der Waals surface area contributed by atoms with Gasteiger partial charge in [-0.1, -0.05) is 23.4 Å². The maximum absolute atomic E-state index is 12.6. The number of furan rings is 1. The maximum atomic E-state index is 12.6. The lowest BCUT2D eigenvalue weighted by atomic mass is 10.0. The summed E-state index contributed by atoms with van der Waals surface area (Å²) < 4.78 is 5.61. The van der Waals surface area contributed by atoms with Gasteiger partial charge in [0.25, 0.3) is 5.91 Å². The molecule has 1 saturated heterocycles. The predicted octanol–water partition coefficient (Wildman–Crippen LogP) is 2.17. The number of likely N-dealkylation sites (tertiary alicyclic amines) is 1. The molecule has 0 radical (unpaired) electrons. The summed E-state index contributed by atoms with van der Waals surface area (Å²) in [5.74, 6) is 0.135. The van der Waals surface area contributed by atoms with E-state index in [1.165, 1.54) is 0 Å². The van der Waals surface area contributed by atoms with Crippen molar-refractivity contribution in [2.45, 2.75) is 25.3 Å². The molecule has 1 aromatic carbocycles. The molecule has 21 heavy (non-hydrogen) atoms. The van der Waals surface area contributed by atoms with Gasteiger partial charge in [0.15, 0.2) is 11.6 Å². The van der Waals surface area contributed by atoms with Gasteiger partial charge >= 0.3 is 0 Å². The maximum Gasteiger partial charge on any atom is 0.290 e. The van der Waals surface area contributed by atoms with Crippen molar-refractivity contribution in [1.82, 2.24) is 4.90 Å². The van der Waals surface area contributed by atoms with Gasteiger partial charge in [0.2, 0.25) is 0 Å². The quantitative estimate of drug-likeness (QED) is 0.383. The molecule has 1 aromatic heterocycles. The summed E-state index contributed by atoms with van der Waals surface area (Å²) in [4.78, 5) is 14.3. The van der Waals surface area contributed by atoms with Crippen LogP contribution in [0, 0.1) is 0 Å². The lowest BCUT2D eigenvalue weighted by Gasteiger charge is -2.34. The van der Waals surface area contributed by atoms with Crippen LogP contribution >= 0.6 is 0 Å². The van der Waals surface area contributed by atoms with Gasteiger partial charge in [-0.3, -0.25) is 4.79 Å². The summed E-state index contributed by atoms with van der Waals surface area (Å²) in [5.41, 5.74) is 6.38. The van der Waals surface area contributed by atoms with Gasteiger partial charge in [0.1, 0.15) is 5.58 Å². The molecule has 1 fully saturated rings. The van der Waals surface area contributed by atoms with Crippen molar-refractivity contribution in [2.24, 2.45) is 10.9 Å². The molecule has 110 valence electrons. The van der Waals surface area contributed by atoms with E-state index in [1.54, 1.807) is 11.0 Å². The molecule has 6 heteroatoms. The van der Waals surface area contributed by atoms with Crippen LogP contribution in [0.1, 0.15) is 29.8 Å². The average molecular weight is 287 g/mol. The van der Waals surface area contributed by atoms with Crippen molar-refractivity contribution in [3.63, 3.8) is 0 Å². The Bertz CT molecular complexity index is 659. The minimum atomic E-state index is -0.371. The average Bonchev–Trinajstić information content (AvgIpc) is 2.97. The molecule has 0 bridgehead atoms. The Hall–Kier alpha value is -2.50. The van der Waals surface area contributed by atoms with Crippen molar-refractivity contribution >= 4 is 22.7 Å². The molecule has 1 atom stereocenters. The van der Waals surface area contributed by atoms with Crippen molar-refractivity contribution in [3.05, 3.63) is 36.1 Å². The second-order valence-electron chi connectivity index (χ2n) is 5.18. The topological polar surface area (TPSA) is 92.1 Å². The van der Waals surface area contributed by atoms with Gasteiger partial charge in [0.05, 0.1) is 6.04 Å². The first-order valence-corrected chi connectivity index (χ1v) is 6.97. The first-order valence-electron chi connectivity index (χ1n) is 6.97. The second-order valence-corrected chi connectivity index (χ2v) is 5.18. The van der Waals surface area contributed by atoms with Crippen LogP contribution in [-0.2, 0) is 0 Å². The smallest absolute Gasteiger partial charge is 0.290 e. The number of para-hydroxylation sites is 1. The van der Waals surface area contributed by atoms with Gasteiger partial charge in [-0.25, -0.2) is 0 Å². The van der Waals surface area contributed by atoms with Crippen molar-refractivity contribution in [1.29, 1.82) is 0 Å². The van der Waals surface area contributed by atoms with Crippen molar-refractivity contribution < 1.29 is 14.4 Å². The molecular formula is C15H17N3O3. The zero-order valence-electron chi connectivity index (χ0n) is 11.5. The molecule has 1 aliphatic rings. The highest BCUT2D eigenvalue weighted by Gasteiger charge is 2.32. The molecule has 1 unspecified atom stereocenters. The Balaban J connectivity index is 1.92. The van der Waals surface area contributed by atoms with Crippen LogP contribution in [-0.4, -0.2) is 34.4 Å². The molecule has 6 nitrogen and oxygen atoms in total. The summed E-state index contributed by atoms with van der Waals surface area (Å²) in [6.07, 6.45) is 2.55. The number of oxime groups is 1. The number of nitrogens with two attached hydrogens (primary N) is 1. The fraction of sp³-hybridized carbons (Fsp3) is 0.333. The fourth-order valence-electron chi connectivity index (χ4n) is 2.78. The Morgan fingerprint density at radius 1 is 1.38 bits per heavy atom. The normalized spacial score (nSPS) is 19.9. The number of nitrogens with zero attached hydrogens (tertiary/aromatic N) is 2. The monoisotopic (exact) mass is 287 g/mol. The molecule has 0 aliphatic carbocycles. The van der Waals surface area contributed by atoms with E-state index in [1.807, 2.05) is 24.3 Å². The first-order chi connectivity index (χ1) is 10.2. The Kier molecular flexibility index (Phi) is 3.51. The van der Waals surface area contributed by atoms with Crippen LogP contribution in [0.25, 0.3) is 11.0 Å². The third kappa shape index (κ3) is 2.44. The zero-order chi connectivity index (χ0) is 14.8. The Morgan fingerprint density at radius 2 is 2.19 bits per heavy atom. The highest BCUT2D eigenvalue weighted by molar-refractivity contribution is 5.99. The highest BCUT2D eigenvalue weighted by Crippen LogP contribution is 2.24. The van der Waals surface area contributed by atoms with E-state index in [4.69, 9.17) is 15.4 Å². The number of amidine groups is 1. The third-order valence-corrected chi connectivity index (χ3v) is 3.86. The molecular weight excluding hydrogens is 270 g/mol. The van der Waals surface area contributed by atoms with E-state index < -0.39 is 0 Å². The second kappa shape index (κ2) is 5.47. The number of amides is 1. The molecule has 3 rings (SSSR count). The van der Waals surface area contributed by atoms with Gasteiger partial charge in [-0.2, -0.15) is 0 Å². The zero-order valence-corrected chi connectivity index (χ0v) is 11.5. The van der Waals surface area contributed by atoms with Crippen LogP contribution in [0.2, 0.25) is 0 Å². The molecule has 3 N–H and O–H groups in total. The molecule has 0 spiro atoms. The number of benzene rings is 1. The van der Waals surface area contributed by atoms with Crippen LogP contribution in [0.3, 0.4) is 0 Å². The van der Waals surface area contributed by atoms with E-state index >= 15 is 0 Å². The number of piperidine rings is 1. The number of fused-ring (bicyclic) bond motifs is 1. The minimum Gasteiger partial charge on any atom is -0.451 e. The lowest BCUT2D eigenvalue weighted by Crippen LogP contribution is -2.50. The first kappa shape index (κ1) is 13.5. The van der Waals surface area contributed by atoms with Crippen molar-refractivity contribution in [3.8, 4) is 0 Å². The number of carbonyl (C=O) groups excluding carboxylic acids is 1. The van der Waals surface area contributed by atoms with E-state index in [0.29, 0.717) is 18.5 Å². The van der Waals surface area contributed by atoms with Gasteiger partial charge in [-0.15, -0.1) is 0 Å². The van der Waals surface area contributed by atoms with Crippen LogP contribution < -0.4 is 5.73 Å². The number of rotatable bonds is 2. The molecule has 1 amide bonds. The summed E-state index contributed by atoms with van der Waals surface area (Å²) >= 11 is 0. The standard InChI is InChI=1S/C15H17N3O3/c16-14(17-20)11-6-3-4-8-18(11)15(19)13-9-10-5-1-2-7-12(10)21-13/h1-2,5,7,9,11,20H,3-4,6,8H2,(H2,16,17). The highest BCUT2D eigenvalue weighted by atomic mass is 16.4. The van der Waals surface area contributed by atoms with E-state index in [9.17, 15) is 4.79 Å². The van der Waals surface area contributed by atoms with Crippen LogP contribution in [0.4, 0.5) is 0 Å². The fourth-order valence-corrected chi connectivity index (χ4v) is 2.78. The summed E-state index contributed by atoms with van der Waals surface area (Å²) in [6.45, 7) is 0.580. The number of hydrogen-bond acceptors (Lipinski definition) is 4. The summed E-state index contributed by atoms with van der Waals surface area (Å²) in [6, 6.07) is 8.84. The number of hydrogen-bond donors (Lipinski definition) is 2. The van der Waals surface area contributed by atoms with Crippen LogP contribution in [0.15, 0.2) is 39.9 Å². The largest absolute Gasteiger partial charge is 0.451 e. The SMILES string of the molecule is NC(=NO)C1CCCCN1C(=O)c1cc2ccccc2o1. The lowest BCUT2D eigenvalue weighted by molar-refractivity contribution is 0.0646. The molecule has 2 heterocycles. The summed E-state index contributed by atoms with van der Waals surface area (Å²) in [5, 5.41) is 12.8. The molecule has 2 aromatic rings. The third-order valence-electron chi connectivity index (χ3n) is 3.86. The van der Waals surface area contributed by atoms with E-state index in [-0.39, 0.29) is 23.5 Å². The predicted molar refractivity (Wildman–Crippen MR) is 78.3 cm³/mol. The molecule has 1 aliphatic heterocycles. The van der Waals surface area contributed by atoms with Gasteiger partial charge in [-0.05, 0) is 31.4 Å². The van der Waals surface area contributed by atoms with Gasteiger partial charge in [0, 0.05) is 11.9 Å². The molecule has 0 saturated carbocycles. The van der Waals surface area contributed by atoms with Crippen LogP contribution in [0.5, 0.6) is 0 Å². The summed E-state index contributed by atoms with van der Waals surface area (Å²) in [7, 11) is 0. The van der Waals surface area contributed by atoms with Gasteiger partial charge < -0.3 is 20.3 Å². The van der Waals surface area contributed by atoms with E-state index in [0.717, 1.165) is 18.2 Å². The van der Waals surface area contributed by atoms with Crippen molar-refractivity contribution in [2.75, 3.05) is 6.54 Å². The van der Waals surface area contributed by atoms with E-state index in [2.05, 4.69) is 5.16 Å².